The van der Waals surface area contributed by atoms with E-state index in [1.165, 1.54) is 4.68 Å². The number of alkyl halides is 3. The van der Waals surface area contributed by atoms with E-state index in [0.29, 0.717) is 11.3 Å². The highest BCUT2D eigenvalue weighted by Gasteiger charge is 2.29. The molecule has 0 spiro atoms. The van der Waals surface area contributed by atoms with Gasteiger partial charge in [0.05, 0.1) is 16.8 Å². The summed E-state index contributed by atoms with van der Waals surface area (Å²) >= 11 is 0. The van der Waals surface area contributed by atoms with Crippen LogP contribution in [0.2, 0.25) is 0 Å². The Bertz CT molecular complexity index is 678. The molecule has 0 aliphatic rings. The topological polar surface area (TPSA) is 80.0 Å². The van der Waals surface area contributed by atoms with Gasteiger partial charge in [0.1, 0.15) is 12.1 Å². The maximum Gasteiger partial charge on any atom is 0.405 e. The largest absolute Gasteiger partial charge is 0.478 e. The molecule has 0 unspecified atom stereocenters. The number of carbonyl (C=O) groups is 1. The van der Waals surface area contributed by atoms with Crippen LogP contribution in [0.1, 0.15) is 16.1 Å². The normalized spacial score (nSPS) is 11.8. The Balaban J connectivity index is 2.62. The van der Waals surface area contributed by atoms with Crippen molar-refractivity contribution in [1.82, 2.24) is 14.8 Å². The second-order valence-corrected chi connectivity index (χ2v) is 4.23. The SMILES string of the molecule is Cc1nn(C)c2ncc(C(=O)O)c(NCC(F)(F)F)c12. The molecule has 0 saturated heterocycles. The highest BCUT2D eigenvalue weighted by atomic mass is 19.4. The molecule has 9 heteroatoms. The summed E-state index contributed by atoms with van der Waals surface area (Å²) in [6, 6.07) is 0. The van der Waals surface area contributed by atoms with E-state index in [9.17, 15) is 18.0 Å². The Kier molecular flexibility index (Phi) is 3.28. The smallest absolute Gasteiger partial charge is 0.405 e. The Hall–Kier alpha value is -2.32. The zero-order valence-corrected chi connectivity index (χ0v) is 10.6. The maximum absolute atomic E-state index is 12.3. The highest BCUT2D eigenvalue weighted by Crippen LogP contribution is 2.29. The number of fused-ring (bicyclic) bond motifs is 1. The summed E-state index contributed by atoms with van der Waals surface area (Å²) in [7, 11) is 1.58. The molecule has 20 heavy (non-hydrogen) atoms. The number of aromatic nitrogens is 3. The van der Waals surface area contributed by atoms with Crippen molar-refractivity contribution in [1.29, 1.82) is 0 Å². The number of carboxylic acid groups (broad SMARTS) is 1. The number of hydrogen-bond acceptors (Lipinski definition) is 4. The van der Waals surface area contributed by atoms with Crippen LogP contribution in [0.15, 0.2) is 6.20 Å². The second kappa shape index (κ2) is 4.66. The van der Waals surface area contributed by atoms with Crippen LogP contribution in [0.25, 0.3) is 11.0 Å². The molecule has 0 fully saturated rings. The van der Waals surface area contributed by atoms with Crippen molar-refractivity contribution in [2.24, 2.45) is 7.05 Å². The Morgan fingerprint density at radius 2 is 2.15 bits per heavy atom. The number of nitrogens with one attached hydrogen (secondary N) is 1. The summed E-state index contributed by atoms with van der Waals surface area (Å²) in [5.74, 6) is -1.35. The predicted octanol–water partition coefficient (Wildman–Crippen LogP) is 1.95. The molecular formula is C11H11F3N4O2. The van der Waals surface area contributed by atoms with E-state index < -0.39 is 18.7 Å². The Morgan fingerprint density at radius 1 is 1.50 bits per heavy atom. The first-order chi connectivity index (χ1) is 9.20. The fraction of sp³-hybridized carbons (Fsp3) is 0.364. The molecule has 108 valence electrons. The van der Waals surface area contributed by atoms with Gasteiger partial charge in [0.15, 0.2) is 5.65 Å². The lowest BCUT2D eigenvalue weighted by molar-refractivity contribution is -0.115. The van der Waals surface area contributed by atoms with Crippen molar-refractivity contribution < 1.29 is 23.1 Å². The average molecular weight is 288 g/mol. The molecule has 6 nitrogen and oxygen atoms in total. The molecule has 0 atom stereocenters. The Labute approximate surface area is 111 Å². The monoisotopic (exact) mass is 288 g/mol. The summed E-state index contributed by atoms with van der Waals surface area (Å²) in [5.41, 5.74) is 0.281. The minimum Gasteiger partial charge on any atom is -0.478 e. The molecule has 2 aromatic heterocycles. The number of hydrogen-bond donors (Lipinski definition) is 2. The molecule has 0 aliphatic carbocycles. The summed E-state index contributed by atoms with van der Waals surface area (Å²) in [5, 5.41) is 15.5. The zero-order chi connectivity index (χ0) is 15.1. The van der Waals surface area contributed by atoms with E-state index in [1.54, 1.807) is 14.0 Å². The van der Waals surface area contributed by atoms with Gasteiger partial charge in [-0.25, -0.2) is 9.78 Å². The summed E-state index contributed by atoms with van der Waals surface area (Å²) in [4.78, 5) is 15.0. The number of halogens is 3. The van der Waals surface area contributed by atoms with Gasteiger partial charge in [-0.3, -0.25) is 4.68 Å². The standard InChI is InChI=1S/C11H11F3N4O2/c1-5-7-8(16-4-11(12,13)14)6(10(19)20)3-15-9(7)18(2)17-5/h3H,4H2,1-2H3,(H,15,16)(H,19,20). The fourth-order valence-electron chi connectivity index (χ4n) is 1.95. The van der Waals surface area contributed by atoms with Gasteiger partial charge in [0, 0.05) is 13.2 Å². The number of nitrogens with zero attached hydrogens (tertiary/aromatic N) is 3. The summed E-state index contributed by atoms with van der Waals surface area (Å²) < 4.78 is 38.4. The van der Waals surface area contributed by atoms with E-state index in [2.05, 4.69) is 15.4 Å². The quantitative estimate of drug-likeness (QED) is 0.902. The van der Waals surface area contributed by atoms with E-state index in [-0.39, 0.29) is 16.6 Å². The molecule has 0 radical (unpaired) electrons. The van der Waals surface area contributed by atoms with Crippen LogP contribution < -0.4 is 5.32 Å². The third-order valence-electron chi connectivity index (χ3n) is 2.72. The summed E-state index contributed by atoms with van der Waals surface area (Å²) in [6.07, 6.45) is -3.44. The number of carboxylic acids is 1. The van der Waals surface area contributed by atoms with Crippen molar-refractivity contribution in [3.05, 3.63) is 17.5 Å². The van der Waals surface area contributed by atoms with Crippen LogP contribution in [0.4, 0.5) is 18.9 Å². The molecule has 0 bridgehead atoms. The molecule has 2 rings (SSSR count). The van der Waals surface area contributed by atoms with Gasteiger partial charge in [0.25, 0.3) is 0 Å². The number of aromatic carboxylic acids is 1. The minimum atomic E-state index is -4.46. The van der Waals surface area contributed by atoms with E-state index >= 15 is 0 Å². The predicted molar refractivity (Wildman–Crippen MR) is 64.8 cm³/mol. The molecule has 0 saturated carbocycles. The van der Waals surface area contributed by atoms with Gasteiger partial charge in [-0.1, -0.05) is 0 Å². The third-order valence-corrected chi connectivity index (χ3v) is 2.72. The van der Waals surface area contributed by atoms with Crippen molar-refractivity contribution in [2.45, 2.75) is 13.1 Å². The van der Waals surface area contributed by atoms with Crippen molar-refractivity contribution in [2.75, 3.05) is 11.9 Å². The van der Waals surface area contributed by atoms with Crippen LogP contribution in [0.5, 0.6) is 0 Å². The third kappa shape index (κ3) is 2.51. The van der Waals surface area contributed by atoms with Gasteiger partial charge in [0.2, 0.25) is 0 Å². The van der Waals surface area contributed by atoms with Crippen LogP contribution in [0.3, 0.4) is 0 Å². The van der Waals surface area contributed by atoms with Gasteiger partial charge >= 0.3 is 12.1 Å². The molecule has 0 amide bonds. The van der Waals surface area contributed by atoms with E-state index in [1.807, 2.05) is 0 Å². The number of rotatable bonds is 3. The molecule has 2 aromatic rings. The van der Waals surface area contributed by atoms with Crippen molar-refractivity contribution in [3.63, 3.8) is 0 Å². The Morgan fingerprint density at radius 3 is 2.70 bits per heavy atom. The van der Waals surface area contributed by atoms with Crippen molar-refractivity contribution in [3.8, 4) is 0 Å². The average Bonchev–Trinajstić information content (AvgIpc) is 2.61. The number of pyridine rings is 1. The number of anilines is 1. The highest BCUT2D eigenvalue weighted by molar-refractivity contribution is 6.04. The molecule has 0 aromatic carbocycles. The second-order valence-electron chi connectivity index (χ2n) is 4.23. The lowest BCUT2D eigenvalue weighted by Crippen LogP contribution is -2.22. The van der Waals surface area contributed by atoms with E-state index in [0.717, 1.165) is 6.20 Å². The molecule has 2 heterocycles. The van der Waals surface area contributed by atoms with Crippen LogP contribution in [-0.4, -0.2) is 38.6 Å². The zero-order valence-electron chi connectivity index (χ0n) is 10.6. The first-order valence-corrected chi connectivity index (χ1v) is 5.57. The lowest BCUT2D eigenvalue weighted by Gasteiger charge is -2.13. The molecule has 0 aliphatic heterocycles. The van der Waals surface area contributed by atoms with Gasteiger partial charge in [-0.05, 0) is 6.92 Å². The first kappa shape index (κ1) is 14.1. The fourth-order valence-corrected chi connectivity index (χ4v) is 1.95. The van der Waals surface area contributed by atoms with Crippen molar-refractivity contribution >= 4 is 22.7 Å². The van der Waals surface area contributed by atoms with Crippen LogP contribution in [0, 0.1) is 6.92 Å². The van der Waals surface area contributed by atoms with Gasteiger partial charge in [-0.15, -0.1) is 0 Å². The molecular weight excluding hydrogens is 277 g/mol. The van der Waals surface area contributed by atoms with E-state index in [4.69, 9.17) is 5.11 Å². The lowest BCUT2D eigenvalue weighted by atomic mass is 10.1. The first-order valence-electron chi connectivity index (χ1n) is 5.57. The van der Waals surface area contributed by atoms with Gasteiger partial charge in [-0.2, -0.15) is 18.3 Å². The maximum atomic E-state index is 12.3. The summed E-state index contributed by atoms with van der Waals surface area (Å²) in [6.45, 7) is 0.245. The van der Waals surface area contributed by atoms with Crippen LogP contribution in [-0.2, 0) is 7.05 Å². The molecule has 2 N–H and O–H groups in total. The minimum absolute atomic E-state index is 0.120. The van der Waals surface area contributed by atoms with Crippen LogP contribution >= 0.6 is 0 Å². The van der Waals surface area contributed by atoms with Gasteiger partial charge < -0.3 is 10.4 Å². The number of aryl methyl sites for hydroxylation is 2.